The Hall–Kier alpha value is -3.74. The summed E-state index contributed by atoms with van der Waals surface area (Å²) >= 11 is 0. The molecule has 0 radical (unpaired) electrons. The van der Waals surface area contributed by atoms with E-state index in [2.05, 4.69) is 27.6 Å². The van der Waals surface area contributed by atoms with E-state index in [1.54, 1.807) is 22.9 Å². The van der Waals surface area contributed by atoms with Gasteiger partial charge in [0.25, 0.3) is 5.89 Å². The molecule has 0 bridgehead atoms. The van der Waals surface area contributed by atoms with Gasteiger partial charge < -0.3 is 14.4 Å². The highest BCUT2D eigenvalue weighted by molar-refractivity contribution is 5.76. The molecule has 0 unspecified atom stereocenters. The van der Waals surface area contributed by atoms with E-state index in [4.69, 9.17) is 4.52 Å². The number of nitrogens with zero attached hydrogens (tertiary/aromatic N) is 3. The second-order valence-corrected chi connectivity index (χ2v) is 6.89. The lowest BCUT2D eigenvalue weighted by atomic mass is 10.1. The molecule has 0 atom stereocenters. The number of amides is 1. The number of rotatable bonds is 8. The van der Waals surface area contributed by atoms with E-state index < -0.39 is 0 Å². The summed E-state index contributed by atoms with van der Waals surface area (Å²) in [5, 5.41) is 6.90. The molecule has 0 aliphatic heterocycles. The Balaban J connectivity index is 1.34. The van der Waals surface area contributed by atoms with Gasteiger partial charge in [-0.25, -0.2) is 4.39 Å². The van der Waals surface area contributed by atoms with Crippen molar-refractivity contribution in [2.75, 3.05) is 6.54 Å². The summed E-state index contributed by atoms with van der Waals surface area (Å²) < 4.78 is 20.2. The lowest BCUT2D eigenvalue weighted by Crippen LogP contribution is -2.28. The van der Waals surface area contributed by atoms with Crippen LogP contribution in [0.4, 0.5) is 4.39 Å². The fourth-order valence-corrected chi connectivity index (χ4v) is 3.17. The molecule has 0 aliphatic rings. The van der Waals surface area contributed by atoms with E-state index in [1.807, 2.05) is 30.3 Å². The molecule has 2 aromatic heterocycles. The maximum Gasteiger partial charge on any atom is 0.274 e. The number of carbonyl (C=O) groups excluding carboxylic acids is 1. The zero-order valence-electron chi connectivity index (χ0n) is 16.3. The maximum absolute atomic E-state index is 13.1. The van der Waals surface area contributed by atoms with Crippen LogP contribution in [0, 0.1) is 5.82 Å². The number of benzene rings is 2. The number of halogens is 1. The molecule has 30 heavy (non-hydrogen) atoms. The second-order valence-electron chi connectivity index (χ2n) is 6.89. The predicted molar refractivity (Wildman–Crippen MR) is 111 cm³/mol. The van der Waals surface area contributed by atoms with Crippen molar-refractivity contribution in [2.45, 2.75) is 19.4 Å². The van der Waals surface area contributed by atoms with E-state index in [-0.39, 0.29) is 18.3 Å². The SMILES string of the molecule is O=C(Cn1cccc1-c1nc(-c2ccc(F)cc2)no1)NCCCc1ccccc1. The molecule has 0 saturated heterocycles. The molecule has 6 nitrogen and oxygen atoms in total. The molecule has 152 valence electrons. The minimum Gasteiger partial charge on any atom is -0.355 e. The molecule has 1 N–H and O–H groups in total. The fourth-order valence-electron chi connectivity index (χ4n) is 3.17. The van der Waals surface area contributed by atoms with Crippen LogP contribution in [0.25, 0.3) is 23.0 Å². The van der Waals surface area contributed by atoms with Gasteiger partial charge in [0.1, 0.15) is 18.1 Å². The first-order chi connectivity index (χ1) is 14.7. The average Bonchev–Trinajstić information content (AvgIpc) is 3.42. The van der Waals surface area contributed by atoms with Crippen LogP contribution < -0.4 is 5.32 Å². The van der Waals surface area contributed by atoms with Gasteiger partial charge in [0.2, 0.25) is 11.7 Å². The van der Waals surface area contributed by atoms with Crippen LogP contribution in [0.15, 0.2) is 77.4 Å². The van der Waals surface area contributed by atoms with E-state index in [0.717, 1.165) is 12.8 Å². The second kappa shape index (κ2) is 9.17. The summed E-state index contributed by atoms with van der Waals surface area (Å²) in [7, 11) is 0. The Bertz CT molecular complexity index is 1100. The minimum atomic E-state index is -0.328. The maximum atomic E-state index is 13.1. The Kier molecular flexibility index (Phi) is 5.98. The molecular formula is C23H21FN4O2. The van der Waals surface area contributed by atoms with Crippen LogP contribution in [-0.4, -0.2) is 27.2 Å². The Morgan fingerprint density at radius 1 is 1.03 bits per heavy atom. The summed E-state index contributed by atoms with van der Waals surface area (Å²) in [6.07, 6.45) is 3.59. The third-order valence-corrected chi connectivity index (χ3v) is 4.70. The number of hydrogen-bond acceptors (Lipinski definition) is 4. The number of nitrogens with one attached hydrogen (secondary N) is 1. The molecule has 2 aromatic carbocycles. The standard InChI is InChI=1S/C23H21FN4O2/c24-19-12-10-18(11-13-19)22-26-23(30-27-22)20-9-5-15-28(20)16-21(29)25-14-4-8-17-6-2-1-3-7-17/h1-3,5-7,9-13,15H,4,8,14,16H2,(H,25,29). The molecule has 0 spiro atoms. The van der Waals surface area contributed by atoms with Crippen LogP contribution in [-0.2, 0) is 17.8 Å². The highest BCUT2D eigenvalue weighted by Gasteiger charge is 2.15. The molecule has 0 fully saturated rings. The van der Waals surface area contributed by atoms with Crippen molar-refractivity contribution in [3.05, 3.63) is 84.3 Å². The van der Waals surface area contributed by atoms with Gasteiger partial charge in [-0.15, -0.1) is 0 Å². The van der Waals surface area contributed by atoms with Crippen LogP contribution in [0.1, 0.15) is 12.0 Å². The summed E-state index contributed by atoms with van der Waals surface area (Å²) in [5.74, 6) is 0.254. The summed E-state index contributed by atoms with van der Waals surface area (Å²) in [5.41, 5.74) is 2.56. The van der Waals surface area contributed by atoms with Crippen molar-refractivity contribution in [1.29, 1.82) is 0 Å². The molecule has 0 aliphatic carbocycles. The van der Waals surface area contributed by atoms with E-state index >= 15 is 0 Å². The largest absolute Gasteiger partial charge is 0.355 e. The molecule has 2 heterocycles. The summed E-state index contributed by atoms with van der Waals surface area (Å²) in [6.45, 7) is 0.765. The van der Waals surface area contributed by atoms with E-state index in [0.29, 0.717) is 29.5 Å². The first-order valence-corrected chi connectivity index (χ1v) is 9.75. The molecule has 7 heteroatoms. The van der Waals surface area contributed by atoms with Gasteiger partial charge in [0, 0.05) is 18.3 Å². The van der Waals surface area contributed by atoms with Crippen molar-refractivity contribution in [1.82, 2.24) is 20.0 Å². The first kappa shape index (κ1) is 19.6. The highest BCUT2D eigenvalue weighted by atomic mass is 19.1. The molecular weight excluding hydrogens is 383 g/mol. The van der Waals surface area contributed by atoms with Crippen molar-refractivity contribution in [3.63, 3.8) is 0 Å². The van der Waals surface area contributed by atoms with Crippen molar-refractivity contribution >= 4 is 5.91 Å². The number of hydrogen-bond donors (Lipinski definition) is 1. The Morgan fingerprint density at radius 3 is 2.63 bits per heavy atom. The third kappa shape index (κ3) is 4.81. The highest BCUT2D eigenvalue weighted by Crippen LogP contribution is 2.23. The van der Waals surface area contributed by atoms with Crippen LogP contribution in [0.5, 0.6) is 0 Å². The van der Waals surface area contributed by atoms with Gasteiger partial charge >= 0.3 is 0 Å². The van der Waals surface area contributed by atoms with E-state index in [1.165, 1.54) is 17.7 Å². The molecule has 0 saturated carbocycles. The van der Waals surface area contributed by atoms with Crippen molar-refractivity contribution in [2.24, 2.45) is 0 Å². The lowest BCUT2D eigenvalue weighted by molar-refractivity contribution is -0.121. The van der Waals surface area contributed by atoms with Crippen LogP contribution in [0.3, 0.4) is 0 Å². The fraction of sp³-hybridized carbons (Fsp3) is 0.174. The Labute approximate surface area is 173 Å². The van der Waals surface area contributed by atoms with Gasteiger partial charge in [-0.05, 0) is 54.8 Å². The van der Waals surface area contributed by atoms with Gasteiger partial charge in [-0.3, -0.25) is 4.79 Å². The van der Waals surface area contributed by atoms with Gasteiger partial charge in [-0.2, -0.15) is 4.98 Å². The quantitative estimate of drug-likeness (QED) is 0.449. The smallest absolute Gasteiger partial charge is 0.274 e. The van der Waals surface area contributed by atoms with Crippen LogP contribution >= 0.6 is 0 Å². The summed E-state index contributed by atoms with van der Waals surface area (Å²) in [6, 6.07) is 19.7. The number of carbonyl (C=O) groups is 1. The Morgan fingerprint density at radius 2 is 1.83 bits per heavy atom. The van der Waals surface area contributed by atoms with Gasteiger partial charge in [-0.1, -0.05) is 35.5 Å². The normalized spacial score (nSPS) is 10.8. The zero-order valence-corrected chi connectivity index (χ0v) is 16.3. The predicted octanol–water partition coefficient (Wildman–Crippen LogP) is 4.09. The van der Waals surface area contributed by atoms with Crippen molar-refractivity contribution in [3.8, 4) is 23.0 Å². The number of aromatic nitrogens is 3. The molecule has 4 rings (SSSR count). The molecule has 4 aromatic rings. The minimum absolute atomic E-state index is 0.0845. The average molecular weight is 404 g/mol. The van der Waals surface area contributed by atoms with E-state index in [9.17, 15) is 9.18 Å². The first-order valence-electron chi connectivity index (χ1n) is 9.75. The van der Waals surface area contributed by atoms with Gasteiger partial charge in [0.05, 0.1) is 0 Å². The number of aryl methyl sites for hydroxylation is 1. The van der Waals surface area contributed by atoms with Gasteiger partial charge in [0.15, 0.2) is 0 Å². The molecule has 1 amide bonds. The topological polar surface area (TPSA) is 73.0 Å². The lowest BCUT2D eigenvalue weighted by Gasteiger charge is -2.08. The monoisotopic (exact) mass is 404 g/mol. The zero-order chi connectivity index (χ0) is 20.8. The van der Waals surface area contributed by atoms with Crippen LogP contribution in [0.2, 0.25) is 0 Å². The van der Waals surface area contributed by atoms with Crippen molar-refractivity contribution < 1.29 is 13.7 Å². The summed E-state index contributed by atoms with van der Waals surface area (Å²) in [4.78, 5) is 16.7. The third-order valence-electron chi connectivity index (χ3n) is 4.70.